The Kier molecular flexibility index (Phi) is 4.46. The summed E-state index contributed by atoms with van der Waals surface area (Å²) in [6, 6.07) is 4.74. The van der Waals surface area contributed by atoms with E-state index in [4.69, 9.17) is 0 Å². The standard InChI is InChI=1S/C11H9FN6O4/c1-7(6-17-14-11(13-16-17)18(20)21)15-22-10(19)8-2-4-9(12)5-3-8/h2-5H,6H2,1H3/b15-7+. The van der Waals surface area contributed by atoms with Crippen LogP contribution >= 0.6 is 0 Å². The first kappa shape index (κ1) is 15.2. The van der Waals surface area contributed by atoms with Gasteiger partial charge < -0.3 is 15.0 Å². The third-order valence-corrected chi connectivity index (χ3v) is 2.34. The Morgan fingerprint density at radius 3 is 2.73 bits per heavy atom. The van der Waals surface area contributed by atoms with Crippen LogP contribution in [0.3, 0.4) is 0 Å². The lowest BCUT2D eigenvalue weighted by atomic mass is 10.2. The molecule has 114 valence electrons. The summed E-state index contributed by atoms with van der Waals surface area (Å²) in [4.78, 5) is 26.8. The van der Waals surface area contributed by atoms with Crippen LogP contribution in [-0.4, -0.2) is 36.8 Å². The predicted octanol–water partition coefficient (Wildman–Crippen LogP) is 0.953. The summed E-state index contributed by atoms with van der Waals surface area (Å²) >= 11 is 0. The fourth-order valence-electron chi connectivity index (χ4n) is 1.37. The quantitative estimate of drug-likeness (QED) is 0.348. The Balaban J connectivity index is 1.95. The summed E-state index contributed by atoms with van der Waals surface area (Å²) in [7, 11) is 0. The number of hydrogen-bond donors (Lipinski definition) is 0. The van der Waals surface area contributed by atoms with E-state index in [1.165, 1.54) is 19.1 Å². The molecular weight excluding hydrogens is 299 g/mol. The Morgan fingerprint density at radius 2 is 2.14 bits per heavy atom. The second-order valence-corrected chi connectivity index (χ2v) is 4.09. The van der Waals surface area contributed by atoms with Gasteiger partial charge in [-0.15, -0.1) is 0 Å². The van der Waals surface area contributed by atoms with E-state index in [0.29, 0.717) is 0 Å². The van der Waals surface area contributed by atoms with Crippen molar-refractivity contribution in [3.05, 3.63) is 45.8 Å². The van der Waals surface area contributed by atoms with Crippen molar-refractivity contribution in [2.45, 2.75) is 13.5 Å². The van der Waals surface area contributed by atoms with Crippen LogP contribution in [0.15, 0.2) is 29.4 Å². The molecule has 1 aromatic heterocycles. The van der Waals surface area contributed by atoms with E-state index in [1.54, 1.807) is 0 Å². The molecular formula is C11H9FN6O4. The highest BCUT2D eigenvalue weighted by atomic mass is 19.1. The van der Waals surface area contributed by atoms with Gasteiger partial charge in [0.05, 0.1) is 21.5 Å². The first-order valence-corrected chi connectivity index (χ1v) is 5.88. The molecule has 2 rings (SSSR count). The average molecular weight is 308 g/mol. The van der Waals surface area contributed by atoms with Crippen molar-refractivity contribution >= 4 is 17.6 Å². The summed E-state index contributed by atoms with van der Waals surface area (Å²) in [5.41, 5.74) is 0.412. The molecule has 22 heavy (non-hydrogen) atoms. The number of tetrazole rings is 1. The highest BCUT2D eigenvalue weighted by Gasteiger charge is 2.16. The minimum Gasteiger partial charge on any atom is -0.390 e. The maximum absolute atomic E-state index is 12.7. The van der Waals surface area contributed by atoms with Crippen molar-refractivity contribution in [1.29, 1.82) is 0 Å². The van der Waals surface area contributed by atoms with Crippen molar-refractivity contribution in [2.75, 3.05) is 0 Å². The van der Waals surface area contributed by atoms with E-state index in [9.17, 15) is 19.3 Å². The Hall–Kier alpha value is -3.24. The zero-order chi connectivity index (χ0) is 16.1. The van der Waals surface area contributed by atoms with E-state index < -0.39 is 22.7 Å². The van der Waals surface area contributed by atoms with Gasteiger partial charge in [-0.3, -0.25) is 0 Å². The number of oxime groups is 1. The first-order valence-electron chi connectivity index (χ1n) is 5.88. The molecule has 0 spiro atoms. The largest absolute Gasteiger partial charge is 0.514 e. The molecule has 10 nitrogen and oxygen atoms in total. The summed E-state index contributed by atoms with van der Waals surface area (Å²) in [5.74, 6) is -1.89. The van der Waals surface area contributed by atoms with Crippen molar-refractivity contribution in [1.82, 2.24) is 20.2 Å². The number of benzene rings is 1. The number of hydrogen-bond acceptors (Lipinski definition) is 8. The maximum atomic E-state index is 12.7. The molecule has 0 amide bonds. The fraction of sp³-hybridized carbons (Fsp3) is 0.182. The van der Waals surface area contributed by atoms with Crippen LogP contribution < -0.4 is 0 Å². The summed E-state index contributed by atoms with van der Waals surface area (Å²) in [6.07, 6.45) is 0. The SMILES string of the molecule is C/C(Cn1nnc([N+](=O)[O-])n1)=N\OC(=O)c1ccc(F)cc1. The lowest BCUT2D eigenvalue weighted by Gasteiger charge is -1.99. The molecule has 0 aliphatic heterocycles. The monoisotopic (exact) mass is 308 g/mol. The third kappa shape index (κ3) is 3.88. The molecule has 0 atom stereocenters. The molecule has 0 saturated carbocycles. The van der Waals surface area contributed by atoms with Gasteiger partial charge in [0.2, 0.25) is 0 Å². The minimum atomic E-state index is -0.787. The fourth-order valence-corrected chi connectivity index (χ4v) is 1.37. The summed E-state index contributed by atoms with van der Waals surface area (Å²) in [5, 5.41) is 24.1. The molecule has 1 aromatic carbocycles. The topological polar surface area (TPSA) is 125 Å². The average Bonchev–Trinajstić information content (AvgIpc) is 2.94. The Labute approximate surface area is 122 Å². The van der Waals surface area contributed by atoms with Crippen LogP contribution in [0.5, 0.6) is 0 Å². The normalized spacial score (nSPS) is 11.3. The zero-order valence-electron chi connectivity index (χ0n) is 11.2. The van der Waals surface area contributed by atoms with Crippen LogP contribution in [0.4, 0.5) is 10.3 Å². The predicted molar refractivity (Wildman–Crippen MR) is 69.4 cm³/mol. The van der Waals surface area contributed by atoms with Gasteiger partial charge in [-0.25, -0.2) is 9.18 Å². The number of carbonyl (C=O) groups excluding carboxylic acids is 1. The number of rotatable bonds is 5. The van der Waals surface area contributed by atoms with Crippen LogP contribution in [0, 0.1) is 15.9 Å². The molecule has 0 fully saturated rings. The maximum Gasteiger partial charge on any atom is 0.514 e. The molecule has 1 heterocycles. The molecule has 0 aliphatic rings. The van der Waals surface area contributed by atoms with Gasteiger partial charge in [-0.1, -0.05) is 9.95 Å². The van der Waals surface area contributed by atoms with E-state index in [1.807, 2.05) is 0 Å². The van der Waals surface area contributed by atoms with Gasteiger partial charge in [0, 0.05) is 5.21 Å². The highest BCUT2D eigenvalue weighted by molar-refractivity contribution is 5.90. The van der Waals surface area contributed by atoms with Crippen molar-refractivity contribution in [2.24, 2.45) is 5.16 Å². The van der Waals surface area contributed by atoms with Gasteiger partial charge in [0.25, 0.3) is 0 Å². The van der Waals surface area contributed by atoms with Crippen LogP contribution in [-0.2, 0) is 11.4 Å². The molecule has 0 saturated heterocycles. The van der Waals surface area contributed by atoms with Gasteiger partial charge in [0.15, 0.2) is 0 Å². The van der Waals surface area contributed by atoms with Crippen molar-refractivity contribution in [3.8, 4) is 0 Å². The number of carbonyl (C=O) groups is 1. The van der Waals surface area contributed by atoms with Gasteiger partial charge in [0.1, 0.15) is 12.4 Å². The van der Waals surface area contributed by atoms with E-state index in [2.05, 4.69) is 25.4 Å². The van der Waals surface area contributed by atoms with E-state index >= 15 is 0 Å². The smallest absolute Gasteiger partial charge is 0.390 e. The number of nitro groups is 1. The highest BCUT2D eigenvalue weighted by Crippen LogP contribution is 2.05. The molecule has 0 aliphatic carbocycles. The lowest BCUT2D eigenvalue weighted by Crippen LogP contribution is -2.12. The molecule has 0 unspecified atom stereocenters. The molecule has 0 N–H and O–H groups in total. The molecule has 0 radical (unpaired) electrons. The van der Waals surface area contributed by atoms with Crippen LogP contribution in [0.2, 0.25) is 0 Å². The molecule has 2 aromatic rings. The lowest BCUT2D eigenvalue weighted by molar-refractivity contribution is -0.394. The first-order chi connectivity index (χ1) is 10.5. The van der Waals surface area contributed by atoms with Crippen LogP contribution in [0.1, 0.15) is 17.3 Å². The van der Waals surface area contributed by atoms with Crippen molar-refractivity contribution < 1.29 is 18.9 Å². The summed E-state index contributed by atoms with van der Waals surface area (Å²) < 4.78 is 12.7. The number of aromatic nitrogens is 4. The number of nitrogens with zero attached hydrogens (tertiary/aromatic N) is 6. The van der Waals surface area contributed by atoms with E-state index in [-0.39, 0.29) is 17.8 Å². The third-order valence-electron chi connectivity index (χ3n) is 2.34. The Bertz CT molecular complexity index is 726. The minimum absolute atomic E-state index is 0.0441. The van der Waals surface area contributed by atoms with Crippen LogP contribution in [0.25, 0.3) is 0 Å². The molecule has 11 heteroatoms. The van der Waals surface area contributed by atoms with Crippen molar-refractivity contribution in [3.63, 3.8) is 0 Å². The summed E-state index contributed by atoms with van der Waals surface area (Å²) in [6.45, 7) is 1.46. The second kappa shape index (κ2) is 6.47. The van der Waals surface area contributed by atoms with Gasteiger partial charge >= 0.3 is 11.9 Å². The van der Waals surface area contributed by atoms with Gasteiger partial charge in [-0.05, 0) is 36.1 Å². The van der Waals surface area contributed by atoms with Gasteiger partial charge in [-0.2, -0.15) is 0 Å². The van der Waals surface area contributed by atoms with E-state index in [0.717, 1.165) is 16.9 Å². The zero-order valence-corrected chi connectivity index (χ0v) is 11.2. The Morgan fingerprint density at radius 1 is 1.45 bits per heavy atom. The number of halogens is 1. The molecule has 0 bridgehead atoms. The second-order valence-electron chi connectivity index (χ2n) is 4.09.